The Morgan fingerprint density at radius 3 is 2.38 bits per heavy atom. The lowest BCUT2D eigenvalue weighted by molar-refractivity contribution is -0.137. The third-order valence-electron chi connectivity index (χ3n) is 5.23. The Morgan fingerprint density at radius 2 is 1.69 bits per heavy atom. The molecule has 0 radical (unpaired) electrons. The number of rotatable bonds is 5. The number of aryl methyl sites for hydroxylation is 1. The van der Waals surface area contributed by atoms with Crippen molar-refractivity contribution in [1.82, 2.24) is 9.80 Å². The summed E-state index contributed by atoms with van der Waals surface area (Å²) in [6.07, 6.45) is -2.66. The van der Waals surface area contributed by atoms with Crippen LogP contribution in [-0.2, 0) is 23.9 Å². The third kappa shape index (κ3) is 5.97. The summed E-state index contributed by atoms with van der Waals surface area (Å²) in [5, 5.41) is 9.82. The number of nitrogens with zero attached hydrogens (tertiary/aromatic N) is 2. The van der Waals surface area contributed by atoms with E-state index in [1.807, 2.05) is 17.0 Å². The minimum atomic E-state index is -4.32. The first-order valence-corrected chi connectivity index (χ1v) is 9.76. The van der Waals surface area contributed by atoms with Crippen LogP contribution in [0.4, 0.5) is 13.2 Å². The standard InChI is InChI=1S/C22H25F3N2O2/c23-22(24,25)19-9-6-17(7-10-19)16-26-12-3-13-27(15-14-26)21(29)11-8-18-4-1-2-5-20(18)28/h1-2,4-7,9-10,28H,3,8,11-16H2. The van der Waals surface area contributed by atoms with Gasteiger partial charge in [-0.1, -0.05) is 30.3 Å². The zero-order valence-electron chi connectivity index (χ0n) is 16.2. The number of hydrogen-bond acceptors (Lipinski definition) is 3. The molecule has 0 aliphatic carbocycles. The molecule has 0 spiro atoms. The number of carbonyl (C=O) groups excluding carboxylic acids is 1. The van der Waals surface area contributed by atoms with E-state index in [1.54, 1.807) is 12.1 Å². The average Bonchev–Trinajstić information content (AvgIpc) is 2.92. The lowest BCUT2D eigenvalue weighted by Gasteiger charge is -2.22. The molecule has 156 valence electrons. The van der Waals surface area contributed by atoms with Crippen LogP contribution in [0, 0.1) is 0 Å². The summed E-state index contributed by atoms with van der Waals surface area (Å²) in [4.78, 5) is 16.6. The highest BCUT2D eigenvalue weighted by molar-refractivity contribution is 5.76. The number of carbonyl (C=O) groups is 1. The van der Waals surface area contributed by atoms with Crippen molar-refractivity contribution in [3.05, 3.63) is 65.2 Å². The zero-order valence-corrected chi connectivity index (χ0v) is 16.2. The van der Waals surface area contributed by atoms with Crippen molar-refractivity contribution in [2.24, 2.45) is 0 Å². The van der Waals surface area contributed by atoms with E-state index in [-0.39, 0.29) is 11.7 Å². The lowest BCUT2D eigenvalue weighted by Crippen LogP contribution is -2.35. The first-order chi connectivity index (χ1) is 13.8. The molecule has 1 aliphatic heterocycles. The first-order valence-electron chi connectivity index (χ1n) is 9.76. The predicted molar refractivity (Wildman–Crippen MR) is 104 cm³/mol. The predicted octanol–water partition coefficient (Wildman–Crippen LogP) is 4.08. The molecular formula is C22H25F3N2O2. The second kappa shape index (κ2) is 9.31. The average molecular weight is 406 g/mol. The van der Waals surface area contributed by atoms with Crippen LogP contribution in [0.2, 0.25) is 0 Å². The van der Waals surface area contributed by atoms with Crippen molar-refractivity contribution < 1.29 is 23.1 Å². The molecule has 4 nitrogen and oxygen atoms in total. The molecule has 7 heteroatoms. The Labute approximate surface area is 168 Å². The van der Waals surface area contributed by atoms with Crippen LogP contribution in [0.15, 0.2) is 48.5 Å². The summed E-state index contributed by atoms with van der Waals surface area (Å²) in [6, 6.07) is 12.3. The highest BCUT2D eigenvalue weighted by Gasteiger charge is 2.30. The monoisotopic (exact) mass is 406 g/mol. The molecule has 1 fully saturated rings. The maximum Gasteiger partial charge on any atom is 0.416 e. The van der Waals surface area contributed by atoms with Crippen molar-refractivity contribution in [2.75, 3.05) is 26.2 Å². The molecule has 0 bridgehead atoms. The molecule has 0 atom stereocenters. The summed E-state index contributed by atoms with van der Waals surface area (Å²) in [6.45, 7) is 3.31. The Morgan fingerprint density at radius 1 is 0.966 bits per heavy atom. The number of benzene rings is 2. The summed E-state index contributed by atoms with van der Waals surface area (Å²) < 4.78 is 38.0. The van der Waals surface area contributed by atoms with Crippen molar-refractivity contribution in [3.8, 4) is 5.75 Å². The van der Waals surface area contributed by atoms with E-state index in [1.165, 1.54) is 12.1 Å². The summed E-state index contributed by atoms with van der Waals surface area (Å²) in [5.74, 6) is 0.267. The number of para-hydroxylation sites is 1. The molecule has 2 aromatic carbocycles. The van der Waals surface area contributed by atoms with Crippen LogP contribution in [0.25, 0.3) is 0 Å². The molecule has 0 saturated carbocycles. The molecule has 0 aromatic heterocycles. The van der Waals surface area contributed by atoms with E-state index in [2.05, 4.69) is 4.90 Å². The van der Waals surface area contributed by atoms with Crippen LogP contribution in [0.3, 0.4) is 0 Å². The maximum atomic E-state index is 12.7. The summed E-state index contributed by atoms with van der Waals surface area (Å²) >= 11 is 0. The minimum absolute atomic E-state index is 0.0598. The minimum Gasteiger partial charge on any atom is -0.508 e. The third-order valence-corrected chi connectivity index (χ3v) is 5.23. The molecule has 1 heterocycles. The van der Waals surface area contributed by atoms with Crippen LogP contribution in [0.1, 0.15) is 29.5 Å². The van der Waals surface area contributed by atoms with Crippen LogP contribution in [-0.4, -0.2) is 47.0 Å². The van der Waals surface area contributed by atoms with Gasteiger partial charge in [0.15, 0.2) is 0 Å². The van der Waals surface area contributed by atoms with Gasteiger partial charge < -0.3 is 10.0 Å². The summed E-state index contributed by atoms with van der Waals surface area (Å²) in [7, 11) is 0. The number of alkyl halides is 3. The quantitative estimate of drug-likeness (QED) is 0.814. The number of amides is 1. The van der Waals surface area contributed by atoms with E-state index in [4.69, 9.17) is 0 Å². The molecule has 3 rings (SSSR count). The van der Waals surface area contributed by atoms with Crippen molar-refractivity contribution in [1.29, 1.82) is 0 Å². The molecule has 0 unspecified atom stereocenters. The zero-order chi connectivity index (χ0) is 20.9. The molecule has 1 saturated heterocycles. The van der Waals surface area contributed by atoms with Gasteiger partial charge in [0.05, 0.1) is 5.56 Å². The van der Waals surface area contributed by atoms with E-state index >= 15 is 0 Å². The van der Waals surface area contributed by atoms with E-state index in [0.29, 0.717) is 39.0 Å². The highest BCUT2D eigenvalue weighted by Crippen LogP contribution is 2.29. The largest absolute Gasteiger partial charge is 0.508 e. The van der Waals surface area contributed by atoms with Crippen LogP contribution < -0.4 is 0 Å². The van der Waals surface area contributed by atoms with Gasteiger partial charge in [-0.25, -0.2) is 0 Å². The van der Waals surface area contributed by atoms with Gasteiger partial charge in [-0.05, 0) is 42.2 Å². The molecule has 1 amide bonds. The molecule has 1 N–H and O–H groups in total. The second-order valence-corrected chi connectivity index (χ2v) is 7.33. The second-order valence-electron chi connectivity index (χ2n) is 7.33. The molecule has 29 heavy (non-hydrogen) atoms. The van der Waals surface area contributed by atoms with Gasteiger partial charge in [-0.3, -0.25) is 9.69 Å². The van der Waals surface area contributed by atoms with Gasteiger partial charge in [0.25, 0.3) is 0 Å². The number of hydrogen-bond donors (Lipinski definition) is 1. The maximum absolute atomic E-state index is 12.7. The van der Waals surface area contributed by atoms with Gasteiger partial charge in [0.1, 0.15) is 5.75 Å². The Hall–Kier alpha value is -2.54. The molecular weight excluding hydrogens is 381 g/mol. The van der Waals surface area contributed by atoms with Gasteiger partial charge in [-0.15, -0.1) is 0 Å². The van der Waals surface area contributed by atoms with Crippen LogP contribution in [0.5, 0.6) is 5.75 Å². The fourth-order valence-electron chi connectivity index (χ4n) is 3.56. The van der Waals surface area contributed by atoms with E-state index < -0.39 is 11.7 Å². The fourth-order valence-corrected chi connectivity index (χ4v) is 3.56. The van der Waals surface area contributed by atoms with Gasteiger partial charge in [0.2, 0.25) is 5.91 Å². The smallest absolute Gasteiger partial charge is 0.416 e. The molecule has 1 aliphatic rings. The summed E-state index contributed by atoms with van der Waals surface area (Å²) in [5.41, 5.74) is 0.954. The van der Waals surface area contributed by atoms with Crippen molar-refractivity contribution in [2.45, 2.75) is 32.0 Å². The van der Waals surface area contributed by atoms with Gasteiger partial charge in [0, 0.05) is 39.1 Å². The van der Waals surface area contributed by atoms with E-state index in [0.717, 1.165) is 36.2 Å². The first kappa shape index (κ1) is 21.2. The van der Waals surface area contributed by atoms with Crippen molar-refractivity contribution in [3.63, 3.8) is 0 Å². The molecule has 2 aromatic rings. The fraction of sp³-hybridized carbons (Fsp3) is 0.409. The number of aromatic hydroxyl groups is 1. The number of phenolic OH excluding ortho intramolecular Hbond substituents is 1. The Balaban J connectivity index is 1.49. The Bertz CT molecular complexity index is 822. The normalized spacial score (nSPS) is 15.9. The van der Waals surface area contributed by atoms with Gasteiger partial charge >= 0.3 is 6.18 Å². The number of phenols is 1. The lowest BCUT2D eigenvalue weighted by atomic mass is 10.1. The van der Waals surface area contributed by atoms with E-state index in [9.17, 15) is 23.1 Å². The SMILES string of the molecule is O=C(CCc1ccccc1O)N1CCCN(Cc2ccc(C(F)(F)F)cc2)CC1. The van der Waals surface area contributed by atoms with Crippen molar-refractivity contribution >= 4 is 5.91 Å². The number of halogens is 3. The highest BCUT2D eigenvalue weighted by atomic mass is 19.4. The van der Waals surface area contributed by atoms with Gasteiger partial charge in [-0.2, -0.15) is 13.2 Å². The van der Waals surface area contributed by atoms with Crippen LogP contribution >= 0.6 is 0 Å². The Kier molecular flexibility index (Phi) is 6.79. The topological polar surface area (TPSA) is 43.8 Å².